The van der Waals surface area contributed by atoms with Crippen molar-refractivity contribution in [3.8, 4) is 0 Å². The van der Waals surface area contributed by atoms with Crippen molar-refractivity contribution < 1.29 is 9.47 Å². The van der Waals surface area contributed by atoms with Crippen molar-refractivity contribution in [3.05, 3.63) is 0 Å². The highest BCUT2D eigenvalue weighted by atomic mass is 16.5. The molecule has 0 bridgehead atoms. The summed E-state index contributed by atoms with van der Waals surface area (Å²) in [6.45, 7) is 7.45. The number of methoxy groups -OCH3 is 1. The standard InChI is InChI=1S/C11H24N4O2/c1-8(7-16-4)13-10(15-12)14-11(3)5-6-17-9(11)2/h8-9H,5-7,12H2,1-4H3,(H2,13,14,15). The van der Waals surface area contributed by atoms with Crippen molar-refractivity contribution in [2.24, 2.45) is 10.8 Å². The molecule has 0 saturated carbocycles. The van der Waals surface area contributed by atoms with E-state index >= 15 is 0 Å². The number of guanidine groups is 1. The summed E-state index contributed by atoms with van der Waals surface area (Å²) < 4.78 is 10.6. The van der Waals surface area contributed by atoms with Gasteiger partial charge in [0, 0.05) is 13.7 Å². The lowest BCUT2D eigenvalue weighted by atomic mass is 9.95. The molecule has 6 heteroatoms. The normalized spacial score (nSPS) is 31.4. The van der Waals surface area contributed by atoms with Crippen LogP contribution >= 0.6 is 0 Å². The molecule has 4 N–H and O–H groups in total. The van der Waals surface area contributed by atoms with Gasteiger partial charge in [0.25, 0.3) is 0 Å². The van der Waals surface area contributed by atoms with Crippen LogP contribution in [0.4, 0.5) is 0 Å². The molecule has 0 amide bonds. The van der Waals surface area contributed by atoms with E-state index in [1.807, 2.05) is 13.8 Å². The predicted octanol–water partition coefficient (Wildman–Crippen LogP) is -0.00230. The summed E-state index contributed by atoms with van der Waals surface area (Å²) in [4.78, 5) is 4.42. The Morgan fingerprint density at radius 1 is 1.71 bits per heavy atom. The highest BCUT2D eigenvalue weighted by Crippen LogP contribution is 2.24. The minimum absolute atomic E-state index is 0.0553. The summed E-state index contributed by atoms with van der Waals surface area (Å²) in [5, 5.41) is 3.31. The lowest BCUT2D eigenvalue weighted by Crippen LogP contribution is -2.56. The average Bonchev–Trinajstić information content (AvgIpc) is 2.58. The third kappa shape index (κ3) is 3.83. The van der Waals surface area contributed by atoms with Crippen LogP contribution in [0.2, 0.25) is 0 Å². The Bertz CT molecular complexity index is 272. The Morgan fingerprint density at radius 3 is 2.88 bits per heavy atom. The molecule has 1 rings (SSSR count). The second-order valence-electron chi connectivity index (χ2n) is 4.73. The molecule has 1 heterocycles. The van der Waals surface area contributed by atoms with Gasteiger partial charge < -0.3 is 14.8 Å². The lowest BCUT2D eigenvalue weighted by Gasteiger charge is -2.30. The van der Waals surface area contributed by atoms with Gasteiger partial charge in [0.05, 0.1) is 24.3 Å². The fraction of sp³-hybridized carbons (Fsp3) is 0.909. The molecule has 3 unspecified atom stereocenters. The Morgan fingerprint density at radius 2 is 2.41 bits per heavy atom. The SMILES string of the molecule is COCC(C)N=C(NN)NC1(C)CCOC1C. The molecule has 1 aliphatic heterocycles. The third-order valence-electron chi connectivity index (χ3n) is 3.18. The van der Waals surface area contributed by atoms with Crippen LogP contribution in [0.1, 0.15) is 27.2 Å². The molecular formula is C11H24N4O2. The van der Waals surface area contributed by atoms with Crippen LogP contribution in [-0.2, 0) is 9.47 Å². The van der Waals surface area contributed by atoms with Gasteiger partial charge in [-0.2, -0.15) is 0 Å². The maximum Gasteiger partial charge on any atom is 0.206 e. The Kier molecular flexibility index (Phi) is 5.17. The van der Waals surface area contributed by atoms with E-state index in [9.17, 15) is 0 Å². The van der Waals surface area contributed by atoms with Gasteiger partial charge in [-0.1, -0.05) is 0 Å². The first-order valence-corrected chi connectivity index (χ1v) is 5.95. The summed E-state index contributed by atoms with van der Waals surface area (Å²) in [6, 6.07) is 0.0553. The van der Waals surface area contributed by atoms with Crippen LogP contribution in [0, 0.1) is 0 Å². The summed E-state index contributed by atoms with van der Waals surface area (Å²) in [5.41, 5.74) is 2.46. The zero-order valence-electron chi connectivity index (χ0n) is 11.1. The summed E-state index contributed by atoms with van der Waals surface area (Å²) in [6.07, 6.45) is 1.08. The Labute approximate surface area is 103 Å². The molecule has 6 nitrogen and oxygen atoms in total. The maximum atomic E-state index is 5.56. The zero-order chi connectivity index (χ0) is 12.9. The fourth-order valence-corrected chi connectivity index (χ4v) is 1.87. The monoisotopic (exact) mass is 244 g/mol. The van der Waals surface area contributed by atoms with Crippen molar-refractivity contribution in [2.75, 3.05) is 20.3 Å². The van der Waals surface area contributed by atoms with Gasteiger partial charge >= 0.3 is 0 Å². The molecule has 0 spiro atoms. The first-order valence-electron chi connectivity index (χ1n) is 5.95. The van der Waals surface area contributed by atoms with Crippen molar-refractivity contribution in [2.45, 2.75) is 44.9 Å². The number of hydrogen-bond acceptors (Lipinski definition) is 4. The maximum absolute atomic E-state index is 5.56. The van der Waals surface area contributed by atoms with Gasteiger partial charge in [-0.3, -0.25) is 5.43 Å². The highest BCUT2D eigenvalue weighted by Gasteiger charge is 2.37. The largest absolute Gasteiger partial charge is 0.382 e. The molecule has 0 aromatic carbocycles. The molecule has 1 fully saturated rings. The van der Waals surface area contributed by atoms with Crippen LogP contribution in [0.25, 0.3) is 0 Å². The molecule has 100 valence electrons. The van der Waals surface area contributed by atoms with E-state index in [1.165, 1.54) is 0 Å². The van der Waals surface area contributed by atoms with Crippen LogP contribution in [0.3, 0.4) is 0 Å². The Balaban J connectivity index is 2.62. The number of aliphatic imine (C=N–C) groups is 1. The molecule has 0 aromatic heterocycles. The van der Waals surface area contributed by atoms with Gasteiger partial charge in [-0.25, -0.2) is 10.8 Å². The van der Waals surface area contributed by atoms with Gasteiger partial charge in [0.1, 0.15) is 0 Å². The first kappa shape index (κ1) is 14.2. The van der Waals surface area contributed by atoms with Crippen LogP contribution in [0.5, 0.6) is 0 Å². The van der Waals surface area contributed by atoms with E-state index in [4.69, 9.17) is 15.3 Å². The summed E-state index contributed by atoms with van der Waals surface area (Å²) in [5.74, 6) is 6.05. The number of ether oxygens (including phenoxy) is 2. The minimum Gasteiger partial charge on any atom is -0.382 e. The van der Waals surface area contributed by atoms with Crippen LogP contribution in [0.15, 0.2) is 4.99 Å². The number of nitrogens with zero attached hydrogens (tertiary/aromatic N) is 1. The number of hydrazine groups is 1. The first-order chi connectivity index (χ1) is 8.01. The smallest absolute Gasteiger partial charge is 0.206 e. The fourth-order valence-electron chi connectivity index (χ4n) is 1.87. The van der Waals surface area contributed by atoms with Crippen molar-refractivity contribution >= 4 is 5.96 Å². The number of nitrogens with two attached hydrogens (primary N) is 1. The van der Waals surface area contributed by atoms with Gasteiger partial charge in [-0.05, 0) is 27.2 Å². The molecule has 3 atom stereocenters. The van der Waals surface area contributed by atoms with Gasteiger partial charge in [0.15, 0.2) is 0 Å². The molecule has 0 aromatic rings. The summed E-state index contributed by atoms with van der Waals surface area (Å²) >= 11 is 0. The van der Waals surface area contributed by atoms with E-state index in [0.29, 0.717) is 12.6 Å². The topological polar surface area (TPSA) is 80.9 Å². The molecule has 0 radical (unpaired) electrons. The van der Waals surface area contributed by atoms with E-state index in [0.717, 1.165) is 13.0 Å². The highest BCUT2D eigenvalue weighted by molar-refractivity contribution is 5.80. The second kappa shape index (κ2) is 6.18. The predicted molar refractivity (Wildman–Crippen MR) is 67.7 cm³/mol. The van der Waals surface area contributed by atoms with Gasteiger partial charge in [0.2, 0.25) is 5.96 Å². The van der Waals surface area contributed by atoms with Crippen molar-refractivity contribution in [1.82, 2.24) is 10.7 Å². The third-order valence-corrected chi connectivity index (χ3v) is 3.18. The Hall–Kier alpha value is -0.850. The number of rotatable bonds is 4. The minimum atomic E-state index is -0.127. The van der Waals surface area contributed by atoms with E-state index in [1.54, 1.807) is 7.11 Å². The molecule has 1 saturated heterocycles. The number of hydrogen-bond donors (Lipinski definition) is 3. The molecular weight excluding hydrogens is 220 g/mol. The zero-order valence-corrected chi connectivity index (χ0v) is 11.1. The molecule has 0 aliphatic carbocycles. The lowest BCUT2D eigenvalue weighted by molar-refractivity contribution is 0.0944. The molecule has 17 heavy (non-hydrogen) atoms. The van der Waals surface area contributed by atoms with E-state index in [2.05, 4.69) is 22.7 Å². The van der Waals surface area contributed by atoms with E-state index < -0.39 is 0 Å². The molecule has 1 aliphatic rings. The summed E-state index contributed by atoms with van der Waals surface area (Å²) in [7, 11) is 1.66. The quantitative estimate of drug-likeness (QED) is 0.281. The average molecular weight is 244 g/mol. The number of nitrogens with one attached hydrogen (secondary N) is 2. The van der Waals surface area contributed by atoms with Crippen LogP contribution < -0.4 is 16.6 Å². The van der Waals surface area contributed by atoms with Crippen molar-refractivity contribution in [3.63, 3.8) is 0 Å². The van der Waals surface area contributed by atoms with Gasteiger partial charge in [-0.15, -0.1) is 0 Å². The second-order valence-corrected chi connectivity index (χ2v) is 4.73. The van der Waals surface area contributed by atoms with E-state index in [-0.39, 0.29) is 17.7 Å². The van der Waals surface area contributed by atoms with Crippen LogP contribution in [-0.4, -0.2) is 44.0 Å². The van der Waals surface area contributed by atoms with Crippen molar-refractivity contribution in [1.29, 1.82) is 0 Å².